The fourth-order valence-electron chi connectivity index (χ4n) is 8.47. The van der Waals surface area contributed by atoms with Gasteiger partial charge in [0.1, 0.15) is 0 Å². The average Bonchev–Trinajstić information content (AvgIpc) is 3.63. The molecular weight excluding hydrogens is 597 g/mol. The summed E-state index contributed by atoms with van der Waals surface area (Å²) in [5, 5.41) is 9.09. The van der Waals surface area contributed by atoms with Gasteiger partial charge in [0.25, 0.3) is 0 Å². The summed E-state index contributed by atoms with van der Waals surface area (Å²) in [6.45, 7) is 4.81. The van der Waals surface area contributed by atoms with Gasteiger partial charge in [0.05, 0.1) is 0 Å². The number of thiophene rings is 1. The second-order valence-electron chi connectivity index (χ2n) is 13.6. The van der Waals surface area contributed by atoms with E-state index >= 15 is 0 Å². The van der Waals surface area contributed by atoms with Crippen LogP contribution in [0.1, 0.15) is 25.0 Å². The topological polar surface area (TPSA) is 0 Å². The van der Waals surface area contributed by atoms with E-state index in [1.54, 1.807) is 0 Å². The Labute approximate surface area is 284 Å². The van der Waals surface area contributed by atoms with Gasteiger partial charge in [0.15, 0.2) is 0 Å². The lowest BCUT2D eigenvalue weighted by Gasteiger charge is -2.23. The molecule has 8 aromatic carbocycles. The fraction of sp³-hybridized carbons (Fsp3) is 0.0638. The Bertz CT molecular complexity index is 2690. The van der Waals surface area contributed by atoms with Crippen molar-refractivity contribution in [3.8, 4) is 43.8 Å². The monoisotopic (exact) mass is 628 g/mol. The summed E-state index contributed by atoms with van der Waals surface area (Å²) in [6.07, 6.45) is 0. The summed E-state index contributed by atoms with van der Waals surface area (Å²) < 4.78 is 1.38. The minimum Gasteiger partial charge on any atom is -0.135 e. The molecular formula is C47H32S. The maximum Gasteiger partial charge on any atom is 0.0399 e. The van der Waals surface area contributed by atoms with Crippen LogP contribution in [0.5, 0.6) is 0 Å². The Morgan fingerprint density at radius 1 is 0.417 bits per heavy atom. The summed E-state index contributed by atoms with van der Waals surface area (Å²) in [6, 6.07) is 58.6. The van der Waals surface area contributed by atoms with E-state index in [0.29, 0.717) is 0 Å². The maximum atomic E-state index is 2.49. The van der Waals surface area contributed by atoms with Gasteiger partial charge in [-0.1, -0.05) is 153 Å². The number of hydrogen-bond acceptors (Lipinski definition) is 1. The first-order valence-electron chi connectivity index (χ1n) is 16.8. The van der Waals surface area contributed by atoms with Crippen molar-refractivity contribution in [2.24, 2.45) is 0 Å². The lowest BCUT2D eigenvalue weighted by atomic mass is 9.79. The van der Waals surface area contributed by atoms with Crippen LogP contribution in [0.2, 0.25) is 0 Å². The number of hydrogen-bond donors (Lipinski definition) is 0. The molecule has 0 spiro atoms. The molecule has 1 aromatic heterocycles. The number of benzene rings is 8. The molecule has 1 aliphatic rings. The first kappa shape index (κ1) is 27.6. The van der Waals surface area contributed by atoms with Gasteiger partial charge in [-0.05, 0) is 106 Å². The Hall–Kier alpha value is -5.50. The van der Waals surface area contributed by atoms with Crippen LogP contribution >= 0.6 is 11.3 Å². The van der Waals surface area contributed by atoms with Crippen LogP contribution in [0.15, 0.2) is 158 Å². The zero-order chi connectivity index (χ0) is 32.0. The van der Waals surface area contributed by atoms with E-state index in [1.807, 2.05) is 11.3 Å². The van der Waals surface area contributed by atoms with Gasteiger partial charge in [-0.3, -0.25) is 0 Å². The molecule has 0 saturated carbocycles. The summed E-state index contributed by atoms with van der Waals surface area (Å²) >= 11 is 1.94. The highest BCUT2D eigenvalue weighted by atomic mass is 32.1. The normalized spacial score (nSPS) is 13.4. The van der Waals surface area contributed by atoms with Crippen molar-refractivity contribution in [2.75, 3.05) is 0 Å². The van der Waals surface area contributed by atoms with Gasteiger partial charge in [0.2, 0.25) is 0 Å². The first-order chi connectivity index (χ1) is 23.6. The summed E-state index contributed by atoms with van der Waals surface area (Å²) in [5.74, 6) is 0. The molecule has 10 rings (SSSR count). The third kappa shape index (κ3) is 3.89. The molecule has 226 valence electrons. The highest BCUT2D eigenvalue weighted by Gasteiger charge is 2.39. The summed E-state index contributed by atoms with van der Waals surface area (Å²) in [4.78, 5) is 1.43. The van der Waals surface area contributed by atoms with E-state index in [4.69, 9.17) is 0 Å². The highest BCUT2D eigenvalue weighted by molar-refractivity contribution is 7.22. The molecule has 1 aliphatic carbocycles. The van der Waals surface area contributed by atoms with Crippen LogP contribution in [-0.4, -0.2) is 0 Å². The van der Waals surface area contributed by atoms with Gasteiger partial charge >= 0.3 is 0 Å². The maximum absolute atomic E-state index is 2.49. The lowest BCUT2D eigenvalue weighted by molar-refractivity contribution is 0.667. The smallest absolute Gasteiger partial charge is 0.0399 e. The molecule has 0 atom stereocenters. The third-order valence-electron chi connectivity index (χ3n) is 10.6. The van der Waals surface area contributed by atoms with Gasteiger partial charge in [-0.25, -0.2) is 0 Å². The van der Waals surface area contributed by atoms with E-state index in [9.17, 15) is 0 Å². The van der Waals surface area contributed by atoms with Gasteiger partial charge < -0.3 is 0 Å². The van der Waals surface area contributed by atoms with Crippen LogP contribution in [0.4, 0.5) is 0 Å². The molecule has 0 fully saturated rings. The molecule has 9 aromatic rings. The molecule has 0 saturated heterocycles. The first-order valence-corrected chi connectivity index (χ1v) is 17.6. The zero-order valence-electron chi connectivity index (χ0n) is 26.9. The Balaban J connectivity index is 1.20. The van der Waals surface area contributed by atoms with Crippen LogP contribution in [0.3, 0.4) is 0 Å². The van der Waals surface area contributed by atoms with Crippen molar-refractivity contribution in [3.63, 3.8) is 0 Å². The molecule has 1 heterocycles. The molecule has 0 unspecified atom stereocenters. The molecule has 0 radical (unpaired) electrons. The third-order valence-corrected chi connectivity index (χ3v) is 11.8. The van der Waals surface area contributed by atoms with Gasteiger partial charge in [-0.2, -0.15) is 0 Å². The largest absolute Gasteiger partial charge is 0.135 e. The molecule has 0 bridgehead atoms. The van der Waals surface area contributed by atoms with E-state index in [2.05, 4.69) is 172 Å². The lowest BCUT2D eigenvalue weighted by Crippen LogP contribution is -2.15. The SMILES string of the molecule is CC1(C)c2cc(-c3c4ccccc4c(-c4cccc(-c5cccc6ccccc56)c4)c4ccccc34)ccc2-c2sc3ccccc3c21. The van der Waals surface area contributed by atoms with Crippen LogP contribution < -0.4 is 0 Å². The second kappa shape index (κ2) is 10.2. The zero-order valence-corrected chi connectivity index (χ0v) is 27.7. The Kier molecular flexibility index (Phi) is 5.89. The highest BCUT2D eigenvalue weighted by Crippen LogP contribution is 2.56. The van der Waals surface area contributed by atoms with Gasteiger partial charge in [0, 0.05) is 15.0 Å². The average molecular weight is 629 g/mol. The van der Waals surface area contributed by atoms with Crippen molar-refractivity contribution < 1.29 is 0 Å². The Morgan fingerprint density at radius 2 is 0.958 bits per heavy atom. The fourth-order valence-corrected chi connectivity index (χ4v) is 9.88. The van der Waals surface area contributed by atoms with E-state index in [-0.39, 0.29) is 5.41 Å². The molecule has 1 heteroatoms. The predicted octanol–water partition coefficient (Wildman–Crippen LogP) is 13.7. The summed E-state index contributed by atoms with van der Waals surface area (Å²) in [5.41, 5.74) is 11.8. The van der Waals surface area contributed by atoms with Crippen LogP contribution in [0, 0.1) is 0 Å². The number of fused-ring (bicyclic) bond motifs is 8. The molecule has 0 N–H and O–H groups in total. The minimum atomic E-state index is -0.0755. The van der Waals surface area contributed by atoms with Crippen LogP contribution in [0.25, 0.3) is 86.2 Å². The van der Waals surface area contributed by atoms with Crippen LogP contribution in [-0.2, 0) is 5.41 Å². The van der Waals surface area contributed by atoms with Crippen molar-refractivity contribution in [1.29, 1.82) is 0 Å². The quantitative estimate of drug-likeness (QED) is 0.171. The molecule has 0 nitrogen and oxygen atoms in total. The molecule has 48 heavy (non-hydrogen) atoms. The van der Waals surface area contributed by atoms with Crippen molar-refractivity contribution in [1.82, 2.24) is 0 Å². The minimum absolute atomic E-state index is 0.0755. The van der Waals surface area contributed by atoms with Crippen molar-refractivity contribution in [3.05, 3.63) is 169 Å². The van der Waals surface area contributed by atoms with Crippen molar-refractivity contribution >= 4 is 53.7 Å². The predicted molar refractivity (Wildman–Crippen MR) is 208 cm³/mol. The molecule has 0 aliphatic heterocycles. The van der Waals surface area contributed by atoms with Crippen molar-refractivity contribution in [2.45, 2.75) is 19.3 Å². The molecule has 0 amide bonds. The number of rotatable bonds is 3. The van der Waals surface area contributed by atoms with E-state index in [1.165, 1.54) is 97.4 Å². The second-order valence-corrected chi connectivity index (χ2v) is 14.7. The Morgan fingerprint density at radius 3 is 1.67 bits per heavy atom. The van der Waals surface area contributed by atoms with Gasteiger partial charge in [-0.15, -0.1) is 11.3 Å². The van der Waals surface area contributed by atoms with E-state index in [0.717, 1.165) is 0 Å². The standard InChI is InChI=1S/C47H32S/c1-47(2)41-28-32(25-26-39(41)46-45(47)40-22-9-10-24-42(40)48-46)44-37-20-7-5-18-35(37)43(36-19-6-8-21-38(36)44)31-16-11-15-30(27-31)34-23-12-14-29-13-3-4-17-33(29)34/h3-28H,1-2H3. The van der Waals surface area contributed by atoms with E-state index < -0.39 is 0 Å². The summed E-state index contributed by atoms with van der Waals surface area (Å²) in [7, 11) is 0.